The van der Waals surface area contributed by atoms with Crippen LogP contribution in [0.3, 0.4) is 0 Å². The van der Waals surface area contributed by atoms with Crippen molar-refractivity contribution in [1.29, 1.82) is 0 Å². The minimum Gasteiger partial charge on any atom is -0.364 e. The van der Waals surface area contributed by atoms with Gasteiger partial charge in [-0.1, -0.05) is 18.2 Å². The molecule has 0 spiro atoms. The lowest BCUT2D eigenvalue weighted by Gasteiger charge is -2.49. The van der Waals surface area contributed by atoms with Crippen LogP contribution in [-0.4, -0.2) is 18.1 Å². The second-order valence-electron chi connectivity index (χ2n) is 5.79. The van der Waals surface area contributed by atoms with Gasteiger partial charge in [0.2, 0.25) is 0 Å². The first kappa shape index (κ1) is 12.4. The number of para-hydroxylation sites is 1. The Kier molecular flexibility index (Phi) is 3.17. The van der Waals surface area contributed by atoms with Crippen LogP contribution in [0.15, 0.2) is 18.2 Å². The second kappa shape index (κ2) is 4.34. The molecule has 2 nitrogen and oxygen atoms in total. The lowest BCUT2D eigenvalue weighted by molar-refractivity contribution is 0.309. The van der Waals surface area contributed by atoms with Crippen molar-refractivity contribution in [3.05, 3.63) is 29.3 Å². The number of rotatable bonds is 1. The second-order valence-corrected chi connectivity index (χ2v) is 5.79. The maximum absolute atomic E-state index is 6.30. The van der Waals surface area contributed by atoms with E-state index in [-0.39, 0.29) is 11.6 Å². The third kappa shape index (κ3) is 2.06. The van der Waals surface area contributed by atoms with Crippen LogP contribution in [0.2, 0.25) is 0 Å². The van der Waals surface area contributed by atoms with E-state index >= 15 is 0 Å². The van der Waals surface area contributed by atoms with Gasteiger partial charge in [-0.05, 0) is 51.7 Å². The predicted octanol–water partition coefficient (Wildman–Crippen LogP) is 3.01. The van der Waals surface area contributed by atoms with E-state index in [2.05, 4.69) is 50.8 Å². The summed E-state index contributed by atoms with van der Waals surface area (Å²) in [4.78, 5) is 2.51. The quantitative estimate of drug-likeness (QED) is 0.806. The molecule has 1 aliphatic heterocycles. The van der Waals surface area contributed by atoms with Gasteiger partial charge in [0.1, 0.15) is 0 Å². The highest BCUT2D eigenvalue weighted by Gasteiger charge is 2.37. The summed E-state index contributed by atoms with van der Waals surface area (Å²) < 4.78 is 0. The summed E-state index contributed by atoms with van der Waals surface area (Å²) in [7, 11) is 0. The van der Waals surface area contributed by atoms with Gasteiger partial charge in [-0.2, -0.15) is 0 Å². The summed E-state index contributed by atoms with van der Waals surface area (Å²) in [5.74, 6) is 0. The van der Waals surface area contributed by atoms with Gasteiger partial charge in [-0.25, -0.2) is 0 Å². The maximum Gasteiger partial charge on any atom is 0.0496 e. The third-order valence-corrected chi connectivity index (χ3v) is 4.21. The molecule has 2 N–H and O–H groups in total. The van der Waals surface area contributed by atoms with Gasteiger partial charge in [0.15, 0.2) is 0 Å². The van der Waals surface area contributed by atoms with E-state index in [1.165, 1.54) is 23.2 Å². The van der Waals surface area contributed by atoms with Gasteiger partial charge in [0.05, 0.1) is 0 Å². The van der Waals surface area contributed by atoms with Crippen molar-refractivity contribution in [1.82, 2.24) is 0 Å². The average molecular weight is 232 g/mol. The van der Waals surface area contributed by atoms with Crippen molar-refractivity contribution in [2.75, 3.05) is 11.4 Å². The Morgan fingerprint density at radius 1 is 1.24 bits per heavy atom. The molecule has 1 saturated heterocycles. The van der Waals surface area contributed by atoms with Gasteiger partial charge in [-0.15, -0.1) is 0 Å². The van der Waals surface area contributed by atoms with Crippen molar-refractivity contribution in [2.24, 2.45) is 5.73 Å². The summed E-state index contributed by atoms with van der Waals surface area (Å²) in [6, 6.07) is 6.78. The van der Waals surface area contributed by atoms with Crippen molar-refractivity contribution in [3.63, 3.8) is 0 Å². The Hall–Kier alpha value is -1.02. The highest BCUT2D eigenvalue weighted by Crippen LogP contribution is 2.35. The molecular formula is C15H24N2. The number of anilines is 1. The first-order valence-electron chi connectivity index (χ1n) is 6.54. The number of nitrogens with zero attached hydrogens (tertiary/aromatic N) is 1. The van der Waals surface area contributed by atoms with Crippen LogP contribution in [0.25, 0.3) is 0 Å². The largest absolute Gasteiger partial charge is 0.364 e. The third-order valence-electron chi connectivity index (χ3n) is 4.21. The van der Waals surface area contributed by atoms with E-state index < -0.39 is 0 Å². The number of hydrogen-bond acceptors (Lipinski definition) is 2. The molecule has 0 aliphatic carbocycles. The lowest BCUT2D eigenvalue weighted by Crippen LogP contribution is -2.60. The number of aryl methyl sites for hydroxylation is 2. The summed E-state index contributed by atoms with van der Waals surface area (Å²) in [6.45, 7) is 10.0. The predicted molar refractivity (Wildman–Crippen MR) is 74.6 cm³/mol. The van der Waals surface area contributed by atoms with Crippen LogP contribution < -0.4 is 10.6 Å². The maximum atomic E-state index is 6.30. The van der Waals surface area contributed by atoms with E-state index in [0.29, 0.717) is 0 Å². The number of piperidine rings is 1. The lowest BCUT2D eigenvalue weighted by atomic mass is 9.84. The summed E-state index contributed by atoms with van der Waals surface area (Å²) in [6.07, 6.45) is 2.33. The zero-order valence-electron chi connectivity index (χ0n) is 11.5. The molecule has 0 amide bonds. The molecule has 1 heterocycles. The number of hydrogen-bond donors (Lipinski definition) is 1. The fraction of sp³-hybridized carbons (Fsp3) is 0.600. The van der Waals surface area contributed by atoms with Gasteiger partial charge in [0.25, 0.3) is 0 Å². The molecule has 0 bridgehead atoms. The molecule has 1 aliphatic rings. The van der Waals surface area contributed by atoms with Crippen LogP contribution in [0.5, 0.6) is 0 Å². The monoisotopic (exact) mass is 232 g/mol. The van der Waals surface area contributed by atoms with Crippen molar-refractivity contribution in [2.45, 2.75) is 52.1 Å². The normalized spacial score (nSPS) is 23.8. The van der Waals surface area contributed by atoms with Gasteiger partial charge < -0.3 is 10.6 Å². The van der Waals surface area contributed by atoms with Crippen LogP contribution in [0, 0.1) is 13.8 Å². The molecule has 1 aromatic carbocycles. The Labute approximate surface area is 105 Å². The standard InChI is InChI=1S/C15H24N2/c1-11-7-5-8-12(2)14(11)17-10-6-9-13(16)15(17,3)4/h5,7-8,13H,6,9-10,16H2,1-4H3. The Bertz CT molecular complexity index is 389. The SMILES string of the molecule is Cc1cccc(C)c1N1CCCC(N)C1(C)C. The first-order chi connectivity index (χ1) is 7.94. The molecule has 0 radical (unpaired) electrons. The highest BCUT2D eigenvalue weighted by molar-refractivity contribution is 5.61. The van der Waals surface area contributed by atoms with E-state index in [0.717, 1.165) is 13.0 Å². The summed E-state index contributed by atoms with van der Waals surface area (Å²) >= 11 is 0. The summed E-state index contributed by atoms with van der Waals surface area (Å²) in [5.41, 5.74) is 10.4. The van der Waals surface area contributed by atoms with Gasteiger partial charge in [-0.3, -0.25) is 0 Å². The zero-order chi connectivity index (χ0) is 12.6. The van der Waals surface area contributed by atoms with Crippen molar-refractivity contribution >= 4 is 5.69 Å². The molecule has 94 valence electrons. The molecule has 1 fully saturated rings. The van der Waals surface area contributed by atoms with Crippen LogP contribution in [0.4, 0.5) is 5.69 Å². The van der Waals surface area contributed by atoms with Crippen molar-refractivity contribution in [3.8, 4) is 0 Å². The fourth-order valence-electron chi connectivity index (χ4n) is 2.94. The van der Waals surface area contributed by atoms with Gasteiger partial charge >= 0.3 is 0 Å². The average Bonchev–Trinajstić information content (AvgIpc) is 2.24. The number of benzene rings is 1. The fourth-order valence-corrected chi connectivity index (χ4v) is 2.94. The van der Waals surface area contributed by atoms with E-state index in [9.17, 15) is 0 Å². The van der Waals surface area contributed by atoms with Crippen LogP contribution >= 0.6 is 0 Å². The molecule has 0 aromatic heterocycles. The smallest absolute Gasteiger partial charge is 0.0496 e. The Balaban J connectivity index is 2.45. The molecule has 1 aromatic rings. The van der Waals surface area contributed by atoms with Gasteiger partial charge in [0, 0.05) is 23.8 Å². The Morgan fingerprint density at radius 2 is 1.82 bits per heavy atom. The van der Waals surface area contributed by atoms with E-state index in [1.807, 2.05) is 0 Å². The van der Waals surface area contributed by atoms with E-state index in [4.69, 9.17) is 5.73 Å². The number of nitrogens with two attached hydrogens (primary N) is 1. The van der Waals surface area contributed by atoms with Crippen molar-refractivity contribution < 1.29 is 0 Å². The molecular weight excluding hydrogens is 208 g/mol. The van der Waals surface area contributed by atoms with Crippen LogP contribution in [-0.2, 0) is 0 Å². The molecule has 2 heteroatoms. The molecule has 0 saturated carbocycles. The summed E-state index contributed by atoms with van der Waals surface area (Å²) in [5, 5.41) is 0. The zero-order valence-corrected chi connectivity index (χ0v) is 11.5. The minimum absolute atomic E-state index is 0.0507. The molecule has 17 heavy (non-hydrogen) atoms. The topological polar surface area (TPSA) is 29.3 Å². The molecule has 1 unspecified atom stereocenters. The van der Waals surface area contributed by atoms with E-state index in [1.54, 1.807) is 0 Å². The Morgan fingerprint density at radius 3 is 2.41 bits per heavy atom. The molecule has 1 atom stereocenters. The first-order valence-corrected chi connectivity index (χ1v) is 6.54. The van der Waals surface area contributed by atoms with Crippen LogP contribution in [0.1, 0.15) is 37.8 Å². The minimum atomic E-state index is 0.0507. The molecule has 2 rings (SSSR count). The highest BCUT2D eigenvalue weighted by atomic mass is 15.2.